The number of rotatable bonds is 1. The molecule has 3 nitrogen and oxygen atoms in total. The van der Waals surface area contributed by atoms with Crippen LogP contribution >= 0.6 is 0 Å². The minimum absolute atomic E-state index is 0.186. The summed E-state index contributed by atoms with van der Waals surface area (Å²) in [6.07, 6.45) is 1.74. The molecular formula is C16H23NO2. The second-order valence-electron chi connectivity index (χ2n) is 5.42. The summed E-state index contributed by atoms with van der Waals surface area (Å²) < 4.78 is 5.48. The number of nitrogens with zero attached hydrogens (tertiary/aromatic N) is 1. The van der Waals surface area contributed by atoms with Crippen LogP contribution in [0.5, 0.6) is 0 Å². The first kappa shape index (κ1) is 15.4. The van der Waals surface area contributed by atoms with Crippen molar-refractivity contribution in [2.75, 3.05) is 6.61 Å². The minimum atomic E-state index is 0.186. The topological polar surface area (TPSA) is 46.3 Å². The van der Waals surface area contributed by atoms with Gasteiger partial charge in [0.15, 0.2) is 0 Å². The molecule has 0 radical (unpaired) electrons. The van der Waals surface area contributed by atoms with Crippen molar-refractivity contribution in [3.8, 4) is 11.5 Å². The highest BCUT2D eigenvalue weighted by Crippen LogP contribution is 2.25. The summed E-state index contributed by atoms with van der Waals surface area (Å²) in [4.78, 5) is 4.21. The Morgan fingerprint density at radius 1 is 1.16 bits per heavy atom. The van der Waals surface area contributed by atoms with Crippen molar-refractivity contribution >= 4 is 0 Å². The second kappa shape index (κ2) is 6.53. The van der Waals surface area contributed by atoms with E-state index in [1.54, 1.807) is 13.1 Å². The fourth-order valence-corrected chi connectivity index (χ4v) is 1.60. The molecule has 2 aromatic rings. The Labute approximate surface area is 115 Å². The third-order valence-corrected chi connectivity index (χ3v) is 2.62. The number of aromatic nitrogens is 1. The second-order valence-corrected chi connectivity index (χ2v) is 5.42. The van der Waals surface area contributed by atoms with E-state index in [1.165, 1.54) is 5.56 Å². The molecular weight excluding hydrogens is 238 g/mol. The van der Waals surface area contributed by atoms with E-state index in [4.69, 9.17) is 9.52 Å². The Bertz CT molecular complexity index is 492. The van der Waals surface area contributed by atoms with Crippen LogP contribution in [0.4, 0.5) is 0 Å². The van der Waals surface area contributed by atoms with E-state index in [0.717, 1.165) is 11.3 Å². The average molecular weight is 261 g/mol. The highest BCUT2D eigenvalue weighted by Gasteiger charge is 2.13. The standard InChI is InChI=1S/C14H17NO.C2H6O/c1-10-9-15-13(16-10)11-5-7-12(8-6-11)14(2,3)4;1-2-3/h5-9H,1-4H3;3H,2H2,1H3. The molecule has 0 bridgehead atoms. The molecule has 1 aromatic heterocycles. The molecule has 0 saturated heterocycles. The quantitative estimate of drug-likeness (QED) is 0.845. The lowest BCUT2D eigenvalue weighted by Crippen LogP contribution is -2.10. The highest BCUT2D eigenvalue weighted by molar-refractivity contribution is 5.54. The number of aliphatic hydroxyl groups is 1. The first-order valence-corrected chi connectivity index (χ1v) is 6.52. The molecule has 0 aliphatic rings. The van der Waals surface area contributed by atoms with Crippen LogP contribution in [-0.2, 0) is 5.41 Å². The zero-order valence-electron chi connectivity index (χ0n) is 12.4. The van der Waals surface area contributed by atoms with Crippen LogP contribution < -0.4 is 0 Å². The lowest BCUT2D eigenvalue weighted by Gasteiger charge is -2.18. The summed E-state index contributed by atoms with van der Waals surface area (Å²) >= 11 is 0. The normalized spacial score (nSPS) is 10.8. The van der Waals surface area contributed by atoms with E-state index >= 15 is 0 Å². The lowest BCUT2D eigenvalue weighted by atomic mass is 9.87. The van der Waals surface area contributed by atoms with Crippen molar-refractivity contribution in [3.05, 3.63) is 41.8 Å². The van der Waals surface area contributed by atoms with Gasteiger partial charge < -0.3 is 9.52 Å². The van der Waals surface area contributed by atoms with Crippen molar-refractivity contribution in [1.82, 2.24) is 4.98 Å². The number of aliphatic hydroxyl groups excluding tert-OH is 1. The predicted molar refractivity (Wildman–Crippen MR) is 78.1 cm³/mol. The van der Waals surface area contributed by atoms with Crippen LogP contribution in [-0.4, -0.2) is 16.7 Å². The van der Waals surface area contributed by atoms with E-state index in [1.807, 2.05) is 6.92 Å². The number of hydrogen-bond donors (Lipinski definition) is 1. The van der Waals surface area contributed by atoms with Crippen molar-refractivity contribution in [3.63, 3.8) is 0 Å². The van der Waals surface area contributed by atoms with Crippen molar-refractivity contribution in [2.24, 2.45) is 0 Å². The van der Waals surface area contributed by atoms with Crippen molar-refractivity contribution in [2.45, 2.75) is 40.0 Å². The van der Waals surface area contributed by atoms with Gasteiger partial charge in [0.2, 0.25) is 5.89 Å². The van der Waals surface area contributed by atoms with Crippen molar-refractivity contribution in [1.29, 1.82) is 0 Å². The van der Waals surface area contributed by atoms with Gasteiger partial charge in [-0.15, -0.1) is 0 Å². The number of hydrogen-bond acceptors (Lipinski definition) is 3. The first-order chi connectivity index (χ1) is 8.88. The molecule has 1 aromatic carbocycles. The maximum absolute atomic E-state index is 7.57. The van der Waals surface area contributed by atoms with Crippen LogP contribution in [0, 0.1) is 6.92 Å². The Morgan fingerprint density at radius 2 is 1.68 bits per heavy atom. The maximum atomic E-state index is 7.57. The van der Waals surface area contributed by atoms with Gasteiger partial charge in [0.05, 0.1) is 6.20 Å². The summed E-state index contributed by atoms with van der Waals surface area (Å²) in [7, 11) is 0. The van der Waals surface area contributed by atoms with Gasteiger partial charge in [-0.25, -0.2) is 4.98 Å². The molecule has 0 atom stereocenters. The van der Waals surface area contributed by atoms with Crippen molar-refractivity contribution < 1.29 is 9.52 Å². The van der Waals surface area contributed by atoms with E-state index in [9.17, 15) is 0 Å². The molecule has 0 amide bonds. The van der Waals surface area contributed by atoms with Gasteiger partial charge in [0.25, 0.3) is 0 Å². The summed E-state index contributed by atoms with van der Waals surface area (Å²) in [6, 6.07) is 8.39. The lowest BCUT2D eigenvalue weighted by molar-refractivity contribution is 0.318. The van der Waals surface area contributed by atoms with Gasteiger partial charge in [-0.05, 0) is 37.0 Å². The molecule has 3 heteroatoms. The van der Waals surface area contributed by atoms with Gasteiger partial charge in [-0.3, -0.25) is 0 Å². The van der Waals surface area contributed by atoms with Gasteiger partial charge in [-0.1, -0.05) is 32.9 Å². The zero-order chi connectivity index (χ0) is 14.5. The number of oxazole rings is 1. The van der Waals surface area contributed by atoms with Crippen LogP contribution in [0.3, 0.4) is 0 Å². The molecule has 0 fully saturated rings. The molecule has 0 unspecified atom stereocenters. The average Bonchev–Trinajstić information content (AvgIpc) is 2.76. The molecule has 1 heterocycles. The minimum Gasteiger partial charge on any atom is -0.441 e. The zero-order valence-corrected chi connectivity index (χ0v) is 12.4. The fraction of sp³-hybridized carbons (Fsp3) is 0.438. The third kappa shape index (κ3) is 4.52. The summed E-state index contributed by atoms with van der Waals surface area (Å²) in [5, 5.41) is 7.57. The molecule has 2 rings (SSSR count). The summed E-state index contributed by atoms with van der Waals surface area (Å²) in [6.45, 7) is 10.5. The summed E-state index contributed by atoms with van der Waals surface area (Å²) in [5.74, 6) is 1.54. The largest absolute Gasteiger partial charge is 0.441 e. The van der Waals surface area contributed by atoms with E-state index in [2.05, 4.69) is 50.0 Å². The molecule has 0 spiro atoms. The van der Waals surface area contributed by atoms with Crippen LogP contribution in [0.2, 0.25) is 0 Å². The fourth-order valence-electron chi connectivity index (χ4n) is 1.60. The predicted octanol–water partition coefficient (Wildman–Crippen LogP) is 3.95. The van der Waals surface area contributed by atoms with Crippen LogP contribution in [0.1, 0.15) is 39.0 Å². The Kier molecular flexibility index (Phi) is 5.31. The maximum Gasteiger partial charge on any atom is 0.226 e. The van der Waals surface area contributed by atoms with Gasteiger partial charge in [0.1, 0.15) is 5.76 Å². The Balaban J connectivity index is 0.000000550. The molecule has 104 valence electrons. The van der Waals surface area contributed by atoms with Gasteiger partial charge in [0, 0.05) is 12.2 Å². The summed E-state index contributed by atoms with van der Waals surface area (Å²) in [5.41, 5.74) is 2.53. The number of aryl methyl sites for hydroxylation is 1. The van der Waals surface area contributed by atoms with Gasteiger partial charge in [-0.2, -0.15) is 0 Å². The monoisotopic (exact) mass is 261 g/mol. The SMILES string of the molecule is CCO.Cc1cnc(-c2ccc(C(C)(C)C)cc2)o1. The van der Waals surface area contributed by atoms with Crippen LogP contribution in [0.15, 0.2) is 34.9 Å². The third-order valence-electron chi connectivity index (χ3n) is 2.62. The molecule has 0 aliphatic heterocycles. The van der Waals surface area contributed by atoms with Crippen LogP contribution in [0.25, 0.3) is 11.5 Å². The molecule has 1 N–H and O–H groups in total. The molecule has 0 saturated carbocycles. The number of benzene rings is 1. The molecule has 0 aliphatic carbocycles. The van der Waals surface area contributed by atoms with Gasteiger partial charge >= 0.3 is 0 Å². The highest BCUT2D eigenvalue weighted by atomic mass is 16.4. The first-order valence-electron chi connectivity index (χ1n) is 6.52. The van der Waals surface area contributed by atoms with E-state index < -0.39 is 0 Å². The smallest absolute Gasteiger partial charge is 0.226 e. The Hall–Kier alpha value is -1.61. The van der Waals surface area contributed by atoms with E-state index in [0.29, 0.717) is 5.89 Å². The Morgan fingerprint density at radius 3 is 2.05 bits per heavy atom. The van der Waals surface area contributed by atoms with E-state index in [-0.39, 0.29) is 12.0 Å². The molecule has 19 heavy (non-hydrogen) atoms.